The van der Waals surface area contributed by atoms with Crippen molar-refractivity contribution in [2.24, 2.45) is 0 Å². The van der Waals surface area contributed by atoms with E-state index in [1.54, 1.807) is 12.2 Å². The summed E-state index contributed by atoms with van der Waals surface area (Å²) in [4.78, 5) is 0. The predicted octanol–water partition coefficient (Wildman–Crippen LogP) is 3.95. The summed E-state index contributed by atoms with van der Waals surface area (Å²) >= 11 is 0. The van der Waals surface area contributed by atoms with Gasteiger partial charge in [-0.15, -0.1) is 0 Å². The minimum atomic E-state index is -0.798. The van der Waals surface area contributed by atoms with Gasteiger partial charge in [-0.3, -0.25) is 0 Å². The van der Waals surface area contributed by atoms with Crippen molar-refractivity contribution >= 4 is 0 Å². The number of ether oxygens (including phenoxy) is 2. The Morgan fingerprint density at radius 2 is 1.16 bits per heavy atom. The van der Waals surface area contributed by atoms with Gasteiger partial charge in [-0.1, -0.05) is 36.4 Å². The molecule has 4 bridgehead atoms. The van der Waals surface area contributed by atoms with E-state index < -0.39 is 12.2 Å². The second kappa shape index (κ2) is 8.70. The molecular weight excluding hydrogens is 316 g/mol. The largest absolute Gasteiger partial charge is 0.494 e. The molecular formula is C21H24O4. The minimum Gasteiger partial charge on any atom is -0.494 e. The second-order valence-electron chi connectivity index (χ2n) is 6.18. The third kappa shape index (κ3) is 5.08. The molecule has 0 saturated carbocycles. The highest BCUT2D eigenvalue weighted by Crippen LogP contribution is 2.24. The Labute approximate surface area is 148 Å². The first-order valence-corrected chi connectivity index (χ1v) is 8.72. The normalized spacial score (nSPS) is 23.0. The molecule has 4 heteroatoms. The van der Waals surface area contributed by atoms with Gasteiger partial charge in [-0.05, 0) is 54.7 Å². The number of aliphatic hydroxyl groups is 2. The molecule has 2 aromatic rings. The van der Waals surface area contributed by atoms with Crippen LogP contribution in [0.5, 0.6) is 11.5 Å². The van der Waals surface area contributed by atoms with Crippen molar-refractivity contribution in [3.05, 3.63) is 71.8 Å². The molecule has 4 nitrogen and oxygen atoms in total. The molecule has 25 heavy (non-hydrogen) atoms. The van der Waals surface area contributed by atoms with Crippen molar-refractivity contribution < 1.29 is 19.7 Å². The van der Waals surface area contributed by atoms with Crippen molar-refractivity contribution in [3.63, 3.8) is 0 Å². The molecule has 0 radical (unpaired) electrons. The minimum absolute atomic E-state index is 0.642. The number of hydrogen-bond donors (Lipinski definition) is 2. The standard InChI is InChI=1S/C21H24O4/c22-20-10-11-21(23)17-7-5-9-19(15-17)25-13-3-1-2-12-24-18-8-4-6-16(20)14-18/h4-11,14-15,20-23H,1-3,12-13H2/b11-10+. The van der Waals surface area contributed by atoms with Crippen molar-refractivity contribution in [2.75, 3.05) is 13.2 Å². The molecule has 0 fully saturated rings. The average molecular weight is 340 g/mol. The van der Waals surface area contributed by atoms with E-state index in [-0.39, 0.29) is 0 Å². The van der Waals surface area contributed by atoms with Crippen molar-refractivity contribution in [3.8, 4) is 11.5 Å². The number of rotatable bonds is 0. The Hall–Kier alpha value is -2.30. The molecule has 1 aliphatic rings. The van der Waals surface area contributed by atoms with Gasteiger partial charge in [-0.25, -0.2) is 0 Å². The smallest absolute Gasteiger partial charge is 0.119 e. The second-order valence-corrected chi connectivity index (χ2v) is 6.18. The molecule has 2 N–H and O–H groups in total. The molecule has 2 aromatic carbocycles. The van der Waals surface area contributed by atoms with Gasteiger partial charge in [-0.2, -0.15) is 0 Å². The van der Waals surface area contributed by atoms with Gasteiger partial charge in [0.25, 0.3) is 0 Å². The van der Waals surface area contributed by atoms with Crippen LogP contribution < -0.4 is 9.47 Å². The molecule has 1 aliphatic heterocycles. The molecule has 3 rings (SSSR count). The number of hydrogen-bond acceptors (Lipinski definition) is 4. The lowest BCUT2D eigenvalue weighted by atomic mass is 10.1. The molecule has 0 spiro atoms. The van der Waals surface area contributed by atoms with E-state index in [9.17, 15) is 10.2 Å². The van der Waals surface area contributed by atoms with Gasteiger partial charge >= 0.3 is 0 Å². The Kier molecular flexibility index (Phi) is 6.09. The fourth-order valence-electron chi connectivity index (χ4n) is 2.77. The monoisotopic (exact) mass is 340 g/mol. The van der Waals surface area contributed by atoms with Crippen LogP contribution in [0.3, 0.4) is 0 Å². The van der Waals surface area contributed by atoms with Crippen LogP contribution >= 0.6 is 0 Å². The van der Waals surface area contributed by atoms with E-state index in [2.05, 4.69) is 0 Å². The molecule has 132 valence electrons. The third-order valence-corrected chi connectivity index (χ3v) is 4.20. The van der Waals surface area contributed by atoms with Crippen LogP contribution in [-0.4, -0.2) is 23.4 Å². The summed E-state index contributed by atoms with van der Waals surface area (Å²) in [6.07, 6.45) is 4.52. The van der Waals surface area contributed by atoms with Crippen LogP contribution in [0.2, 0.25) is 0 Å². The molecule has 0 aromatic heterocycles. The highest BCUT2D eigenvalue weighted by Gasteiger charge is 2.09. The zero-order chi connectivity index (χ0) is 17.5. The molecule has 2 atom stereocenters. The van der Waals surface area contributed by atoms with Gasteiger partial charge in [0.1, 0.15) is 11.5 Å². The highest BCUT2D eigenvalue weighted by molar-refractivity contribution is 5.34. The first kappa shape index (κ1) is 17.5. The summed E-state index contributed by atoms with van der Waals surface area (Å²) < 4.78 is 11.5. The van der Waals surface area contributed by atoms with Crippen molar-refractivity contribution in [1.82, 2.24) is 0 Å². The maximum atomic E-state index is 10.3. The zero-order valence-electron chi connectivity index (χ0n) is 14.2. The highest BCUT2D eigenvalue weighted by atomic mass is 16.5. The van der Waals surface area contributed by atoms with Gasteiger partial charge in [0, 0.05) is 0 Å². The van der Waals surface area contributed by atoms with Crippen LogP contribution in [0.4, 0.5) is 0 Å². The van der Waals surface area contributed by atoms with E-state index in [0.717, 1.165) is 41.9 Å². The zero-order valence-corrected chi connectivity index (χ0v) is 14.2. The van der Waals surface area contributed by atoms with E-state index in [1.165, 1.54) is 0 Å². The van der Waals surface area contributed by atoms with Crippen LogP contribution in [0, 0.1) is 0 Å². The van der Waals surface area contributed by atoms with Crippen LogP contribution in [-0.2, 0) is 0 Å². The SMILES string of the molecule is OC1/C=C/C(O)c2cccc(c2)OCCCCCOc2cccc1c2. The first-order chi connectivity index (χ1) is 12.2. The molecule has 0 amide bonds. The summed E-state index contributed by atoms with van der Waals surface area (Å²) in [6.45, 7) is 1.28. The van der Waals surface area contributed by atoms with Crippen molar-refractivity contribution in [1.29, 1.82) is 0 Å². The maximum absolute atomic E-state index is 10.3. The predicted molar refractivity (Wildman–Crippen MR) is 96.8 cm³/mol. The Morgan fingerprint density at radius 1 is 0.680 bits per heavy atom. The fourth-order valence-corrected chi connectivity index (χ4v) is 2.77. The van der Waals surface area contributed by atoms with Gasteiger partial charge in [0.05, 0.1) is 25.4 Å². The Balaban J connectivity index is 1.82. The number of fused-ring (bicyclic) bond motifs is 4. The lowest BCUT2D eigenvalue weighted by molar-refractivity contribution is 0.211. The van der Waals surface area contributed by atoms with E-state index >= 15 is 0 Å². The van der Waals surface area contributed by atoms with Gasteiger partial charge < -0.3 is 19.7 Å². The Bertz CT molecular complexity index is 651. The molecule has 0 saturated heterocycles. The average Bonchev–Trinajstić information content (AvgIpc) is 2.65. The molecule has 1 heterocycles. The topological polar surface area (TPSA) is 58.9 Å². The fraction of sp³-hybridized carbons (Fsp3) is 0.333. The summed E-state index contributed by atoms with van der Waals surface area (Å²) in [5.41, 5.74) is 1.48. The summed E-state index contributed by atoms with van der Waals surface area (Å²) in [5.74, 6) is 1.50. The first-order valence-electron chi connectivity index (χ1n) is 8.72. The van der Waals surface area contributed by atoms with Gasteiger partial charge in [0.15, 0.2) is 0 Å². The molecule has 0 aliphatic carbocycles. The lowest BCUT2D eigenvalue weighted by Crippen LogP contribution is -2.01. The lowest BCUT2D eigenvalue weighted by Gasteiger charge is -2.11. The van der Waals surface area contributed by atoms with Crippen LogP contribution in [0.15, 0.2) is 60.7 Å². The number of aliphatic hydroxyl groups excluding tert-OH is 2. The number of benzene rings is 2. The van der Waals surface area contributed by atoms with Crippen molar-refractivity contribution in [2.45, 2.75) is 31.5 Å². The Morgan fingerprint density at radius 3 is 1.64 bits per heavy atom. The third-order valence-electron chi connectivity index (χ3n) is 4.20. The summed E-state index contributed by atoms with van der Waals surface area (Å²) in [7, 11) is 0. The summed E-state index contributed by atoms with van der Waals surface area (Å²) in [6, 6.07) is 14.9. The quantitative estimate of drug-likeness (QED) is 0.713. The van der Waals surface area contributed by atoms with Crippen LogP contribution in [0.1, 0.15) is 42.6 Å². The summed E-state index contributed by atoms with van der Waals surface area (Å²) in [5, 5.41) is 20.7. The van der Waals surface area contributed by atoms with Crippen LogP contribution in [0.25, 0.3) is 0 Å². The van der Waals surface area contributed by atoms with E-state index in [4.69, 9.17) is 9.47 Å². The van der Waals surface area contributed by atoms with Gasteiger partial charge in [0.2, 0.25) is 0 Å². The molecule has 2 unspecified atom stereocenters. The maximum Gasteiger partial charge on any atom is 0.119 e. The van der Waals surface area contributed by atoms with E-state index in [0.29, 0.717) is 13.2 Å². The van der Waals surface area contributed by atoms with E-state index in [1.807, 2.05) is 48.5 Å².